The first-order valence-electron chi connectivity index (χ1n) is 5.55. The first-order valence-corrected chi connectivity index (χ1v) is 6.63. The van der Waals surface area contributed by atoms with E-state index in [2.05, 4.69) is 33.1 Å². The summed E-state index contributed by atoms with van der Waals surface area (Å²) in [5.74, 6) is 0.495. The van der Waals surface area contributed by atoms with E-state index >= 15 is 0 Å². The number of carbonyl (C=O) groups excluding carboxylic acids is 1. The second-order valence-corrected chi connectivity index (χ2v) is 4.85. The van der Waals surface area contributed by atoms with E-state index in [0.29, 0.717) is 5.56 Å². The van der Waals surface area contributed by atoms with Gasteiger partial charge in [-0.3, -0.25) is 4.79 Å². The van der Waals surface area contributed by atoms with Crippen LogP contribution in [0.1, 0.15) is 16.1 Å². The van der Waals surface area contributed by atoms with E-state index in [4.69, 9.17) is 4.42 Å². The van der Waals surface area contributed by atoms with Crippen molar-refractivity contribution < 1.29 is 9.21 Å². The molecule has 4 nitrogen and oxygen atoms in total. The average molecular weight is 366 g/mol. The number of nitrogens with zero attached hydrogens (tertiary/aromatic N) is 1. The third-order valence-corrected chi connectivity index (χ3v) is 2.96. The molecular weight excluding hydrogens is 355 g/mol. The minimum atomic E-state index is -0.237. The Hall–Kier alpha value is -1.89. The van der Waals surface area contributed by atoms with Crippen LogP contribution in [0.15, 0.2) is 58.3 Å². The first kappa shape index (κ1) is 13.5. The predicted molar refractivity (Wildman–Crippen MR) is 82.9 cm³/mol. The van der Waals surface area contributed by atoms with E-state index in [1.807, 2.05) is 18.2 Å². The Kier molecular flexibility index (Phi) is 4.91. The molecule has 0 saturated carbocycles. The highest BCUT2D eigenvalue weighted by Crippen LogP contribution is 2.06. The van der Waals surface area contributed by atoms with Gasteiger partial charge in [0.05, 0.1) is 6.26 Å². The molecule has 0 aliphatic heterocycles. The number of carbonyl (C=O) groups is 1. The van der Waals surface area contributed by atoms with Crippen molar-refractivity contribution >= 4 is 40.8 Å². The normalized spacial score (nSPS) is 11.2. The molecule has 0 radical (unpaired) electrons. The fourth-order valence-corrected chi connectivity index (χ4v) is 1.69. The highest BCUT2D eigenvalue weighted by atomic mass is 127. The molecule has 1 amide bonds. The van der Waals surface area contributed by atoms with Crippen molar-refractivity contribution in [3.63, 3.8) is 0 Å². The van der Waals surface area contributed by atoms with Crippen LogP contribution in [0.5, 0.6) is 0 Å². The van der Waals surface area contributed by atoms with Crippen LogP contribution in [0.25, 0.3) is 6.08 Å². The Labute approximate surface area is 124 Å². The molecule has 0 unspecified atom stereocenters. The minimum Gasteiger partial charge on any atom is -0.465 e. The molecule has 2 aromatic rings. The zero-order valence-corrected chi connectivity index (χ0v) is 12.1. The maximum atomic E-state index is 11.7. The number of furan rings is 1. The number of benzene rings is 1. The van der Waals surface area contributed by atoms with Crippen LogP contribution in [0, 0.1) is 3.57 Å². The van der Waals surface area contributed by atoms with Gasteiger partial charge in [0.25, 0.3) is 5.91 Å². The number of hydrazone groups is 1. The van der Waals surface area contributed by atoms with E-state index in [-0.39, 0.29) is 5.91 Å². The Morgan fingerprint density at radius 3 is 2.74 bits per heavy atom. The fourth-order valence-electron chi connectivity index (χ4n) is 1.33. The van der Waals surface area contributed by atoms with Crippen molar-refractivity contribution in [2.45, 2.75) is 0 Å². The minimum absolute atomic E-state index is 0.237. The summed E-state index contributed by atoms with van der Waals surface area (Å²) in [6.45, 7) is 0. The average Bonchev–Trinajstić information content (AvgIpc) is 2.92. The topological polar surface area (TPSA) is 54.6 Å². The van der Waals surface area contributed by atoms with Gasteiger partial charge in [0, 0.05) is 15.3 Å². The summed E-state index contributed by atoms with van der Waals surface area (Å²) in [6, 6.07) is 10.9. The van der Waals surface area contributed by atoms with Gasteiger partial charge in [0.15, 0.2) is 0 Å². The zero-order chi connectivity index (χ0) is 13.5. The summed E-state index contributed by atoms with van der Waals surface area (Å²) in [6.07, 6.45) is 6.52. The molecule has 0 bridgehead atoms. The number of halogens is 1. The van der Waals surface area contributed by atoms with Crippen LogP contribution < -0.4 is 5.43 Å². The molecule has 19 heavy (non-hydrogen) atoms. The van der Waals surface area contributed by atoms with Gasteiger partial charge in [-0.1, -0.05) is 0 Å². The molecule has 96 valence electrons. The molecule has 0 saturated heterocycles. The van der Waals surface area contributed by atoms with Crippen molar-refractivity contribution in [3.8, 4) is 0 Å². The lowest BCUT2D eigenvalue weighted by Gasteiger charge is -1.98. The van der Waals surface area contributed by atoms with Crippen LogP contribution in [0.2, 0.25) is 0 Å². The molecular formula is C14H11IN2O2. The Morgan fingerprint density at radius 1 is 1.26 bits per heavy atom. The molecule has 1 aromatic heterocycles. The fraction of sp³-hybridized carbons (Fsp3) is 0. The number of nitrogens with one attached hydrogen (secondary N) is 1. The van der Waals surface area contributed by atoms with Gasteiger partial charge < -0.3 is 4.42 Å². The molecule has 1 heterocycles. The Bertz CT molecular complexity index is 586. The number of allylic oxidation sites excluding steroid dienone is 1. The summed E-state index contributed by atoms with van der Waals surface area (Å²) < 4.78 is 6.19. The highest BCUT2D eigenvalue weighted by molar-refractivity contribution is 14.1. The van der Waals surface area contributed by atoms with Crippen LogP contribution in [0.3, 0.4) is 0 Å². The van der Waals surface area contributed by atoms with Gasteiger partial charge in [-0.05, 0) is 71.1 Å². The number of hydrogen-bond donors (Lipinski definition) is 1. The van der Waals surface area contributed by atoms with Gasteiger partial charge >= 0.3 is 0 Å². The van der Waals surface area contributed by atoms with Crippen molar-refractivity contribution in [1.29, 1.82) is 0 Å². The van der Waals surface area contributed by atoms with Gasteiger partial charge in [0.2, 0.25) is 0 Å². The predicted octanol–water partition coefficient (Wildman–Crippen LogP) is 3.31. The van der Waals surface area contributed by atoms with Crippen LogP contribution >= 0.6 is 22.6 Å². The van der Waals surface area contributed by atoms with Gasteiger partial charge in [-0.25, -0.2) is 5.43 Å². The SMILES string of the molecule is O=C(N/N=C/C=C/c1ccco1)c1ccc(I)cc1. The summed E-state index contributed by atoms with van der Waals surface area (Å²) in [5.41, 5.74) is 3.02. The second-order valence-electron chi connectivity index (χ2n) is 3.60. The van der Waals surface area contributed by atoms with Crippen molar-refractivity contribution in [2.24, 2.45) is 5.10 Å². The van der Waals surface area contributed by atoms with E-state index in [9.17, 15) is 4.79 Å². The van der Waals surface area contributed by atoms with E-state index in [1.54, 1.807) is 36.6 Å². The van der Waals surface area contributed by atoms with Crippen LogP contribution in [-0.2, 0) is 0 Å². The zero-order valence-electron chi connectivity index (χ0n) is 9.92. The summed E-state index contributed by atoms with van der Waals surface area (Å²) in [5, 5.41) is 3.81. The largest absolute Gasteiger partial charge is 0.465 e. The van der Waals surface area contributed by atoms with Gasteiger partial charge in [0.1, 0.15) is 5.76 Å². The molecule has 1 aromatic carbocycles. The smallest absolute Gasteiger partial charge is 0.271 e. The summed E-state index contributed by atoms with van der Waals surface area (Å²) >= 11 is 2.19. The quantitative estimate of drug-likeness (QED) is 0.513. The van der Waals surface area contributed by atoms with Crippen molar-refractivity contribution in [2.75, 3.05) is 0 Å². The van der Waals surface area contributed by atoms with Crippen molar-refractivity contribution in [1.82, 2.24) is 5.43 Å². The highest BCUT2D eigenvalue weighted by Gasteiger charge is 2.02. The number of amides is 1. The van der Waals surface area contributed by atoms with E-state index in [0.717, 1.165) is 9.33 Å². The molecule has 0 aliphatic carbocycles. The molecule has 0 aliphatic rings. The monoisotopic (exact) mass is 366 g/mol. The number of hydrogen-bond acceptors (Lipinski definition) is 3. The lowest BCUT2D eigenvalue weighted by Crippen LogP contribution is -2.17. The Balaban J connectivity index is 1.85. The molecule has 5 heteroatoms. The summed E-state index contributed by atoms with van der Waals surface area (Å²) in [7, 11) is 0. The van der Waals surface area contributed by atoms with E-state index in [1.165, 1.54) is 6.21 Å². The maximum absolute atomic E-state index is 11.7. The molecule has 1 N–H and O–H groups in total. The van der Waals surface area contributed by atoms with Gasteiger partial charge in [-0.15, -0.1) is 0 Å². The molecule has 2 rings (SSSR count). The standard InChI is InChI=1S/C14H11IN2O2/c15-12-7-5-11(6-8-12)14(18)17-16-9-1-3-13-4-2-10-19-13/h1-10H,(H,17,18)/b3-1+,16-9+. The molecule has 0 fully saturated rings. The Morgan fingerprint density at radius 2 is 2.05 bits per heavy atom. The van der Waals surface area contributed by atoms with Crippen LogP contribution in [-0.4, -0.2) is 12.1 Å². The van der Waals surface area contributed by atoms with Crippen LogP contribution in [0.4, 0.5) is 0 Å². The lowest BCUT2D eigenvalue weighted by atomic mass is 10.2. The number of rotatable bonds is 4. The summed E-state index contributed by atoms with van der Waals surface area (Å²) in [4.78, 5) is 11.7. The second kappa shape index (κ2) is 6.89. The van der Waals surface area contributed by atoms with E-state index < -0.39 is 0 Å². The first-order chi connectivity index (χ1) is 9.25. The van der Waals surface area contributed by atoms with Gasteiger partial charge in [-0.2, -0.15) is 5.10 Å². The third-order valence-electron chi connectivity index (χ3n) is 2.24. The lowest BCUT2D eigenvalue weighted by molar-refractivity contribution is 0.0955. The maximum Gasteiger partial charge on any atom is 0.271 e. The molecule has 0 spiro atoms. The van der Waals surface area contributed by atoms with Crippen molar-refractivity contribution in [3.05, 3.63) is 63.6 Å². The molecule has 0 atom stereocenters. The third kappa shape index (κ3) is 4.36.